The van der Waals surface area contributed by atoms with Gasteiger partial charge in [0.05, 0.1) is 11.9 Å². The Morgan fingerprint density at radius 2 is 1.87 bits per heavy atom. The van der Waals surface area contributed by atoms with Crippen LogP contribution in [-0.4, -0.2) is 48.2 Å². The molecule has 4 rings (SSSR count). The lowest BCUT2D eigenvalue weighted by Crippen LogP contribution is -2.38. The second kappa shape index (κ2) is 9.82. The molecule has 3 heterocycles. The van der Waals surface area contributed by atoms with Crippen LogP contribution < -0.4 is 10.1 Å². The van der Waals surface area contributed by atoms with Gasteiger partial charge >= 0.3 is 0 Å². The summed E-state index contributed by atoms with van der Waals surface area (Å²) in [6.07, 6.45) is 1.49. The predicted octanol–water partition coefficient (Wildman–Crippen LogP) is 3.71. The first-order valence-electron chi connectivity index (χ1n) is 9.63. The first-order chi connectivity index (χ1) is 15.0. The topological polar surface area (TPSA) is 88.6 Å². The van der Waals surface area contributed by atoms with Crippen LogP contribution in [0, 0.1) is 0 Å². The van der Waals surface area contributed by atoms with Crippen molar-refractivity contribution in [3.05, 3.63) is 70.5 Å². The Bertz CT molecular complexity index is 1130. The van der Waals surface area contributed by atoms with Crippen LogP contribution in [-0.2, 0) is 16.6 Å². The summed E-state index contributed by atoms with van der Waals surface area (Å²) >= 11 is 2.84. The van der Waals surface area contributed by atoms with Crippen molar-refractivity contribution in [2.75, 3.05) is 29.9 Å². The molecule has 1 fully saturated rings. The SMILES string of the molecule is O=C(Nc1ccc(OCc2ccccc2)nc1)c1sccc1S(=O)(=O)N1CCSCC1. The number of aromatic nitrogens is 1. The molecule has 7 nitrogen and oxygen atoms in total. The van der Waals surface area contributed by atoms with Gasteiger partial charge in [-0.05, 0) is 23.1 Å². The zero-order chi connectivity index (χ0) is 21.7. The van der Waals surface area contributed by atoms with Crippen LogP contribution in [0.3, 0.4) is 0 Å². The molecule has 0 spiro atoms. The molecule has 1 saturated heterocycles. The van der Waals surface area contributed by atoms with E-state index in [2.05, 4.69) is 10.3 Å². The van der Waals surface area contributed by atoms with E-state index in [-0.39, 0.29) is 9.77 Å². The summed E-state index contributed by atoms with van der Waals surface area (Å²) in [5.41, 5.74) is 1.49. The largest absolute Gasteiger partial charge is 0.473 e. The number of rotatable bonds is 7. The van der Waals surface area contributed by atoms with Crippen LogP contribution in [0.2, 0.25) is 0 Å². The van der Waals surface area contributed by atoms with Crippen molar-refractivity contribution in [3.63, 3.8) is 0 Å². The van der Waals surface area contributed by atoms with Crippen LogP contribution >= 0.6 is 23.1 Å². The van der Waals surface area contributed by atoms with E-state index < -0.39 is 15.9 Å². The van der Waals surface area contributed by atoms with E-state index in [0.29, 0.717) is 31.3 Å². The predicted molar refractivity (Wildman–Crippen MR) is 123 cm³/mol. The number of benzene rings is 1. The number of hydrogen-bond acceptors (Lipinski definition) is 7. The van der Waals surface area contributed by atoms with Crippen molar-refractivity contribution in [3.8, 4) is 5.88 Å². The summed E-state index contributed by atoms with van der Waals surface area (Å²) < 4.78 is 33.0. The maximum Gasteiger partial charge on any atom is 0.267 e. The van der Waals surface area contributed by atoms with Crippen LogP contribution in [0.4, 0.5) is 5.69 Å². The number of ether oxygens (including phenoxy) is 1. The lowest BCUT2D eigenvalue weighted by atomic mass is 10.2. The van der Waals surface area contributed by atoms with Gasteiger partial charge in [0.2, 0.25) is 15.9 Å². The normalized spacial score (nSPS) is 14.8. The van der Waals surface area contributed by atoms with Crippen LogP contribution in [0.25, 0.3) is 0 Å². The average Bonchev–Trinajstić information content (AvgIpc) is 3.31. The van der Waals surface area contributed by atoms with Gasteiger partial charge in [-0.1, -0.05) is 30.3 Å². The number of sulfonamides is 1. The molecule has 0 aliphatic carbocycles. The van der Waals surface area contributed by atoms with Gasteiger partial charge in [-0.2, -0.15) is 16.1 Å². The number of anilines is 1. The fourth-order valence-electron chi connectivity index (χ4n) is 3.05. The first kappa shape index (κ1) is 21.8. The molecule has 0 saturated carbocycles. The average molecular weight is 476 g/mol. The maximum atomic E-state index is 13.0. The third-order valence-corrected chi connectivity index (χ3v) is 8.57. The van der Waals surface area contributed by atoms with Crippen molar-refractivity contribution < 1.29 is 17.9 Å². The highest BCUT2D eigenvalue weighted by Crippen LogP contribution is 2.28. The Kier molecular flexibility index (Phi) is 6.91. The molecule has 162 valence electrons. The summed E-state index contributed by atoms with van der Waals surface area (Å²) in [5.74, 6) is 1.48. The summed E-state index contributed by atoms with van der Waals surface area (Å²) in [6, 6.07) is 14.6. The van der Waals surface area contributed by atoms with Gasteiger partial charge < -0.3 is 10.1 Å². The van der Waals surface area contributed by atoms with Crippen molar-refractivity contribution in [1.29, 1.82) is 0 Å². The molecule has 0 bridgehead atoms. The van der Waals surface area contributed by atoms with Crippen LogP contribution in [0.15, 0.2) is 65.0 Å². The number of nitrogens with zero attached hydrogens (tertiary/aromatic N) is 2. The second-order valence-corrected chi connectivity index (χ2v) is 10.8. The standard InChI is InChI=1S/C21H21N3O4S3/c25-21(20-18(8-11-30-20)31(26,27)24-9-12-29-13-10-24)23-17-6-7-19(22-14-17)28-15-16-4-2-1-3-5-16/h1-8,11,14H,9-10,12-13,15H2,(H,23,25). The van der Waals surface area contributed by atoms with Gasteiger partial charge in [0.1, 0.15) is 16.4 Å². The number of carbonyl (C=O) groups is 1. The highest BCUT2D eigenvalue weighted by Gasteiger charge is 2.31. The lowest BCUT2D eigenvalue weighted by Gasteiger charge is -2.25. The third kappa shape index (κ3) is 5.27. The van der Waals surface area contributed by atoms with Gasteiger partial charge in [-0.3, -0.25) is 4.79 Å². The summed E-state index contributed by atoms with van der Waals surface area (Å²) in [5, 5.41) is 4.35. The molecule has 0 atom stereocenters. The number of thiophene rings is 1. The fraction of sp³-hybridized carbons (Fsp3) is 0.238. The quantitative estimate of drug-likeness (QED) is 0.560. The summed E-state index contributed by atoms with van der Waals surface area (Å²) in [6.45, 7) is 1.31. The van der Waals surface area contributed by atoms with E-state index in [9.17, 15) is 13.2 Å². The van der Waals surface area contributed by atoms with E-state index in [1.807, 2.05) is 30.3 Å². The molecule has 1 amide bonds. The fourth-order valence-corrected chi connectivity index (χ4v) is 6.92. The molecule has 0 radical (unpaired) electrons. The molecule has 3 aromatic rings. The van der Waals surface area contributed by atoms with Crippen molar-refractivity contribution in [1.82, 2.24) is 9.29 Å². The maximum absolute atomic E-state index is 13.0. The van der Waals surface area contributed by atoms with Crippen LogP contribution in [0.1, 0.15) is 15.2 Å². The summed E-state index contributed by atoms with van der Waals surface area (Å²) in [4.78, 5) is 17.2. The minimum atomic E-state index is -3.69. The number of pyridine rings is 1. The van der Waals surface area contributed by atoms with E-state index in [4.69, 9.17) is 4.74 Å². The van der Waals surface area contributed by atoms with E-state index in [1.165, 1.54) is 16.6 Å². The zero-order valence-corrected chi connectivity index (χ0v) is 19.0. The Hall–Kier alpha value is -2.40. The van der Waals surface area contributed by atoms with Crippen molar-refractivity contribution in [2.24, 2.45) is 0 Å². The zero-order valence-electron chi connectivity index (χ0n) is 16.6. The van der Waals surface area contributed by atoms with Gasteiger partial charge in [-0.25, -0.2) is 13.4 Å². The third-order valence-electron chi connectivity index (χ3n) is 4.65. The summed E-state index contributed by atoms with van der Waals surface area (Å²) in [7, 11) is -3.69. The molecule has 1 aromatic carbocycles. The molecule has 1 aliphatic heterocycles. The monoisotopic (exact) mass is 475 g/mol. The lowest BCUT2D eigenvalue weighted by molar-refractivity contribution is 0.102. The molecule has 1 aliphatic rings. The molecule has 2 aromatic heterocycles. The molecule has 10 heteroatoms. The number of thioether (sulfide) groups is 1. The van der Waals surface area contributed by atoms with Crippen molar-refractivity contribution in [2.45, 2.75) is 11.5 Å². The number of amides is 1. The number of nitrogens with one attached hydrogen (secondary N) is 1. The minimum absolute atomic E-state index is 0.0534. The van der Waals surface area contributed by atoms with E-state index >= 15 is 0 Å². The second-order valence-electron chi connectivity index (χ2n) is 6.74. The van der Waals surface area contributed by atoms with Gasteiger partial charge in [0, 0.05) is 30.7 Å². The first-order valence-corrected chi connectivity index (χ1v) is 13.1. The molecular weight excluding hydrogens is 454 g/mol. The Morgan fingerprint density at radius 3 is 2.58 bits per heavy atom. The smallest absolute Gasteiger partial charge is 0.267 e. The number of carbonyl (C=O) groups excluding carboxylic acids is 1. The van der Waals surface area contributed by atoms with E-state index in [0.717, 1.165) is 28.4 Å². The number of hydrogen-bond donors (Lipinski definition) is 1. The van der Waals surface area contributed by atoms with Gasteiger partial charge in [0.15, 0.2) is 0 Å². The van der Waals surface area contributed by atoms with E-state index in [1.54, 1.807) is 29.3 Å². The highest BCUT2D eigenvalue weighted by atomic mass is 32.2. The van der Waals surface area contributed by atoms with Gasteiger partial charge in [-0.15, -0.1) is 11.3 Å². The minimum Gasteiger partial charge on any atom is -0.473 e. The highest BCUT2D eigenvalue weighted by molar-refractivity contribution is 7.99. The molecule has 31 heavy (non-hydrogen) atoms. The molecule has 1 N–H and O–H groups in total. The Morgan fingerprint density at radius 1 is 1.10 bits per heavy atom. The van der Waals surface area contributed by atoms with Gasteiger partial charge in [0.25, 0.3) is 5.91 Å². The van der Waals surface area contributed by atoms with Crippen LogP contribution in [0.5, 0.6) is 5.88 Å². The Balaban J connectivity index is 1.41. The Labute approximate surface area is 189 Å². The van der Waals surface area contributed by atoms with Crippen molar-refractivity contribution >= 4 is 44.7 Å². The molecule has 0 unspecified atom stereocenters. The molecular formula is C21H21N3O4S3.